The normalized spacial score (nSPS) is 8.54. The lowest BCUT2D eigenvalue weighted by Crippen LogP contribution is -1.98. The van der Waals surface area contributed by atoms with Gasteiger partial charge in [0.1, 0.15) is 0 Å². The number of nitrogens with two attached hydrogens (primary N) is 1. The van der Waals surface area contributed by atoms with Gasteiger partial charge in [-0.05, 0) is 12.5 Å². The maximum Gasteiger partial charge on any atom is 0.311 e. The van der Waals surface area contributed by atoms with E-state index in [9.17, 15) is 10.1 Å². The molecule has 0 spiro atoms. The summed E-state index contributed by atoms with van der Waals surface area (Å²) in [4.78, 5) is 13.3. The number of rotatable bonds is 1. The fourth-order valence-corrected chi connectivity index (χ4v) is 0.711. The van der Waals surface area contributed by atoms with Crippen molar-refractivity contribution in [1.82, 2.24) is 4.98 Å². The number of nitrogens with zero attached hydrogens (tertiary/aromatic N) is 2. The lowest BCUT2D eigenvalue weighted by atomic mass is 10.3. The minimum absolute atomic E-state index is 0.0411. The number of hydrogen-bond donors (Lipinski definition) is 1. The van der Waals surface area contributed by atoms with Crippen molar-refractivity contribution < 1.29 is 4.92 Å². The highest BCUT2D eigenvalue weighted by atomic mass is 16.6. The van der Waals surface area contributed by atoms with E-state index >= 15 is 0 Å². The predicted molar refractivity (Wildman–Crippen MR) is 51.4 cm³/mol. The van der Waals surface area contributed by atoms with Crippen LogP contribution in [0.1, 0.15) is 19.4 Å². The van der Waals surface area contributed by atoms with E-state index in [4.69, 9.17) is 5.73 Å². The van der Waals surface area contributed by atoms with Gasteiger partial charge in [-0.25, -0.2) is 4.98 Å². The van der Waals surface area contributed by atoms with Crippen LogP contribution >= 0.6 is 0 Å². The van der Waals surface area contributed by atoms with Crippen molar-refractivity contribution in [1.29, 1.82) is 0 Å². The van der Waals surface area contributed by atoms with Crippen molar-refractivity contribution in [2.24, 2.45) is 0 Å². The highest BCUT2D eigenvalue weighted by molar-refractivity contribution is 5.52. The topological polar surface area (TPSA) is 82.0 Å². The first-order valence-corrected chi connectivity index (χ1v) is 3.98. The molecule has 0 saturated carbocycles. The first-order chi connectivity index (χ1) is 6.11. The van der Waals surface area contributed by atoms with Crippen molar-refractivity contribution in [2.45, 2.75) is 20.8 Å². The van der Waals surface area contributed by atoms with Gasteiger partial charge in [0.15, 0.2) is 0 Å². The molecule has 0 atom stereocenters. The summed E-state index contributed by atoms with van der Waals surface area (Å²) in [7, 11) is 0. The van der Waals surface area contributed by atoms with E-state index in [0.717, 1.165) is 5.56 Å². The average molecular weight is 183 g/mol. The third kappa shape index (κ3) is 3.06. The molecule has 0 aliphatic rings. The van der Waals surface area contributed by atoms with Crippen molar-refractivity contribution in [3.63, 3.8) is 0 Å². The molecule has 0 aliphatic carbocycles. The van der Waals surface area contributed by atoms with E-state index in [1.807, 2.05) is 13.8 Å². The van der Waals surface area contributed by atoms with Crippen LogP contribution in [-0.4, -0.2) is 9.91 Å². The largest absolute Gasteiger partial charge is 0.378 e. The van der Waals surface area contributed by atoms with Gasteiger partial charge in [0.2, 0.25) is 5.82 Å². The Balaban J connectivity index is 0.000000671. The summed E-state index contributed by atoms with van der Waals surface area (Å²) in [6.45, 7) is 5.72. The van der Waals surface area contributed by atoms with Gasteiger partial charge in [0.25, 0.3) is 0 Å². The Morgan fingerprint density at radius 1 is 1.54 bits per heavy atom. The lowest BCUT2D eigenvalue weighted by Gasteiger charge is -1.95. The summed E-state index contributed by atoms with van der Waals surface area (Å²) in [5, 5.41) is 10.3. The molecule has 1 rings (SSSR count). The number of pyridine rings is 1. The quantitative estimate of drug-likeness (QED) is 0.532. The molecule has 5 nitrogen and oxygen atoms in total. The zero-order chi connectivity index (χ0) is 10.4. The van der Waals surface area contributed by atoms with E-state index in [1.165, 1.54) is 12.3 Å². The highest BCUT2D eigenvalue weighted by Crippen LogP contribution is 2.18. The van der Waals surface area contributed by atoms with Gasteiger partial charge in [-0.3, -0.25) is 10.1 Å². The van der Waals surface area contributed by atoms with Crippen LogP contribution in [0.4, 0.5) is 11.5 Å². The number of hydrogen-bond acceptors (Lipinski definition) is 4. The third-order valence-electron chi connectivity index (χ3n) is 1.23. The van der Waals surface area contributed by atoms with Crippen LogP contribution in [-0.2, 0) is 0 Å². The molecule has 5 heteroatoms. The number of anilines is 1. The summed E-state index contributed by atoms with van der Waals surface area (Å²) in [5.74, 6) is -0.0411. The molecule has 1 aromatic heterocycles. The molecule has 1 heterocycles. The minimum atomic E-state index is -0.546. The molecule has 0 amide bonds. The Morgan fingerprint density at radius 2 is 2.08 bits per heavy atom. The van der Waals surface area contributed by atoms with Crippen molar-refractivity contribution in [2.75, 3.05) is 5.73 Å². The Hall–Kier alpha value is -1.65. The van der Waals surface area contributed by atoms with E-state index < -0.39 is 4.92 Å². The lowest BCUT2D eigenvalue weighted by molar-refractivity contribution is -0.384. The molecule has 2 N–H and O–H groups in total. The molecular formula is C8H13N3O2. The standard InChI is InChI=1S/C6H7N3O2.C2H6/c1-4-2-5(9(10)11)6(7)8-3-4;1-2/h2-3H,1H3,(H2,7,8);1-2H3. The zero-order valence-corrected chi connectivity index (χ0v) is 7.94. The van der Waals surface area contributed by atoms with Gasteiger partial charge in [-0.1, -0.05) is 13.8 Å². The van der Waals surface area contributed by atoms with Gasteiger partial charge in [-0.15, -0.1) is 0 Å². The molecule has 0 aliphatic heterocycles. The average Bonchev–Trinajstić information content (AvgIpc) is 2.12. The van der Waals surface area contributed by atoms with Crippen LogP contribution in [0.2, 0.25) is 0 Å². The van der Waals surface area contributed by atoms with Crippen LogP contribution < -0.4 is 5.73 Å². The molecule has 13 heavy (non-hydrogen) atoms. The molecule has 0 saturated heterocycles. The first-order valence-electron chi connectivity index (χ1n) is 3.98. The summed E-state index contributed by atoms with van der Waals surface area (Å²) < 4.78 is 0. The Morgan fingerprint density at radius 3 is 2.46 bits per heavy atom. The molecule has 0 bridgehead atoms. The second-order valence-corrected chi connectivity index (χ2v) is 2.17. The third-order valence-corrected chi connectivity index (χ3v) is 1.23. The van der Waals surface area contributed by atoms with Gasteiger partial charge < -0.3 is 5.73 Å². The number of aromatic nitrogens is 1. The summed E-state index contributed by atoms with van der Waals surface area (Å²) in [5.41, 5.74) is 5.83. The van der Waals surface area contributed by atoms with Crippen LogP contribution in [0, 0.1) is 17.0 Å². The Labute approximate surface area is 76.7 Å². The van der Waals surface area contributed by atoms with Gasteiger partial charge >= 0.3 is 5.69 Å². The first kappa shape index (κ1) is 11.4. The van der Waals surface area contributed by atoms with E-state index in [-0.39, 0.29) is 11.5 Å². The fraction of sp³-hybridized carbons (Fsp3) is 0.375. The number of nitro groups is 1. The number of nitrogen functional groups attached to an aromatic ring is 1. The van der Waals surface area contributed by atoms with Crippen LogP contribution in [0.25, 0.3) is 0 Å². The van der Waals surface area contributed by atoms with Crippen molar-refractivity contribution in [3.05, 3.63) is 27.9 Å². The maximum absolute atomic E-state index is 10.3. The summed E-state index contributed by atoms with van der Waals surface area (Å²) in [6.07, 6.45) is 1.49. The predicted octanol–water partition coefficient (Wildman–Crippen LogP) is 1.91. The second-order valence-electron chi connectivity index (χ2n) is 2.17. The molecule has 0 fully saturated rings. The molecule has 1 aromatic rings. The molecule has 0 radical (unpaired) electrons. The molecule has 0 unspecified atom stereocenters. The fourth-order valence-electron chi connectivity index (χ4n) is 0.711. The van der Waals surface area contributed by atoms with Crippen molar-refractivity contribution in [3.8, 4) is 0 Å². The van der Waals surface area contributed by atoms with Crippen molar-refractivity contribution >= 4 is 11.5 Å². The zero-order valence-electron chi connectivity index (χ0n) is 7.94. The summed E-state index contributed by atoms with van der Waals surface area (Å²) >= 11 is 0. The van der Waals surface area contributed by atoms with E-state index in [1.54, 1.807) is 6.92 Å². The van der Waals surface area contributed by atoms with Crippen LogP contribution in [0.3, 0.4) is 0 Å². The summed E-state index contributed by atoms with van der Waals surface area (Å²) in [6, 6.07) is 1.39. The van der Waals surface area contributed by atoms with E-state index in [2.05, 4.69) is 4.98 Å². The van der Waals surface area contributed by atoms with E-state index in [0.29, 0.717) is 0 Å². The maximum atomic E-state index is 10.3. The highest BCUT2D eigenvalue weighted by Gasteiger charge is 2.11. The number of aryl methyl sites for hydroxylation is 1. The molecule has 0 aromatic carbocycles. The molecular weight excluding hydrogens is 170 g/mol. The second kappa shape index (κ2) is 5.08. The van der Waals surface area contributed by atoms with Gasteiger partial charge in [-0.2, -0.15) is 0 Å². The monoisotopic (exact) mass is 183 g/mol. The Bertz CT molecular complexity index is 299. The molecule has 72 valence electrons. The van der Waals surface area contributed by atoms with Gasteiger partial charge in [0, 0.05) is 12.3 Å². The minimum Gasteiger partial charge on any atom is -0.378 e. The van der Waals surface area contributed by atoms with Crippen LogP contribution in [0.15, 0.2) is 12.3 Å². The SMILES string of the molecule is CC.Cc1cnc(N)c([N+](=O)[O-])c1. The van der Waals surface area contributed by atoms with Crippen LogP contribution in [0.5, 0.6) is 0 Å². The van der Waals surface area contributed by atoms with Gasteiger partial charge in [0.05, 0.1) is 4.92 Å². The Kier molecular flexibility index (Phi) is 4.43. The smallest absolute Gasteiger partial charge is 0.311 e.